The summed E-state index contributed by atoms with van der Waals surface area (Å²) in [5, 5.41) is 0. The topological polar surface area (TPSA) is 38.5 Å². The van der Waals surface area contributed by atoms with E-state index in [2.05, 4.69) is 18.9 Å². The molecule has 0 spiro atoms. The lowest BCUT2D eigenvalue weighted by molar-refractivity contribution is -0.0150. The lowest BCUT2D eigenvalue weighted by Crippen LogP contribution is -2.52. The number of nitrogens with two attached hydrogens (primary N) is 1. The molecule has 18 heavy (non-hydrogen) atoms. The maximum absolute atomic E-state index is 6.32. The SMILES string of the molecule is CCC1CCC(N)C(N(C)CC2CCCCO2)C1. The molecule has 2 N–H and O–H groups in total. The molecule has 1 aliphatic heterocycles. The zero-order valence-electron chi connectivity index (χ0n) is 12.1. The van der Waals surface area contributed by atoms with Crippen molar-refractivity contribution in [1.29, 1.82) is 0 Å². The van der Waals surface area contributed by atoms with Crippen LogP contribution in [0.15, 0.2) is 0 Å². The highest BCUT2D eigenvalue weighted by atomic mass is 16.5. The first kappa shape index (κ1) is 14.3. The van der Waals surface area contributed by atoms with Gasteiger partial charge in [0, 0.05) is 25.2 Å². The van der Waals surface area contributed by atoms with E-state index in [-0.39, 0.29) is 0 Å². The van der Waals surface area contributed by atoms with Gasteiger partial charge in [0.15, 0.2) is 0 Å². The van der Waals surface area contributed by atoms with Crippen molar-refractivity contribution in [2.75, 3.05) is 20.2 Å². The maximum atomic E-state index is 6.32. The molecule has 106 valence electrons. The number of ether oxygens (including phenoxy) is 1. The fourth-order valence-corrected chi connectivity index (χ4v) is 3.54. The molecule has 0 aromatic heterocycles. The van der Waals surface area contributed by atoms with Gasteiger partial charge >= 0.3 is 0 Å². The van der Waals surface area contributed by atoms with Crippen LogP contribution in [0.5, 0.6) is 0 Å². The normalized spacial score (nSPS) is 38.0. The van der Waals surface area contributed by atoms with E-state index in [9.17, 15) is 0 Å². The van der Waals surface area contributed by atoms with Crippen LogP contribution >= 0.6 is 0 Å². The minimum Gasteiger partial charge on any atom is -0.377 e. The second-order valence-electron chi connectivity index (χ2n) is 6.25. The van der Waals surface area contributed by atoms with Crippen LogP contribution in [-0.4, -0.2) is 43.3 Å². The molecule has 2 rings (SSSR count). The van der Waals surface area contributed by atoms with Crippen LogP contribution < -0.4 is 5.73 Å². The molecule has 4 atom stereocenters. The van der Waals surface area contributed by atoms with Gasteiger partial charge in [-0.15, -0.1) is 0 Å². The lowest BCUT2D eigenvalue weighted by Gasteiger charge is -2.41. The standard InChI is InChI=1S/C15H30N2O/c1-3-12-7-8-14(16)15(10-12)17(2)11-13-6-4-5-9-18-13/h12-15H,3-11,16H2,1-2H3. The van der Waals surface area contributed by atoms with Crippen molar-refractivity contribution in [3.8, 4) is 0 Å². The molecule has 2 fully saturated rings. The molecule has 1 saturated heterocycles. The Morgan fingerprint density at radius 3 is 2.72 bits per heavy atom. The van der Waals surface area contributed by atoms with Gasteiger partial charge in [-0.25, -0.2) is 0 Å². The van der Waals surface area contributed by atoms with E-state index in [1.807, 2.05) is 0 Å². The molecule has 3 nitrogen and oxygen atoms in total. The molecule has 0 bridgehead atoms. The smallest absolute Gasteiger partial charge is 0.0702 e. The summed E-state index contributed by atoms with van der Waals surface area (Å²) in [7, 11) is 2.24. The molecule has 0 amide bonds. The van der Waals surface area contributed by atoms with Gasteiger partial charge in [0.05, 0.1) is 6.10 Å². The van der Waals surface area contributed by atoms with Crippen LogP contribution in [0.25, 0.3) is 0 Å². The number of rotatable bonds is 4. The van der Waals surface area contributed by atoms with Crippen molar-refractivity contribution in [3.63, 3.8) is 0 Å². The van der Waals surface area contributed by atoms with Crippen molar-refractivity contribution in [1.82, 2.24) is 4.90 Å². The predicted molar refractivity (Wildman–Crippen MR) is 75.6 cm³/mol. The molecule has 1 saturated carbocycles. The minimum absolute atomic E-state index is 0.362. The molecular weight excluding hydrogens is 224 g/mol. The number of nitrogens with zero attached hydrogens (tertiary/aromatic N) is 1. The van der Waals surface area contributed by atoms with Gasteiger partial charge in [0.1, 0.15) is 0 Å². The van der Waals surface area contributed by atoms with Crippen molar-refractivity contribution < 1.29 is 4.74 Å². The molecule has 0 radical (unpaired) electrons. The maximum Gasteiger partial charge on any atom is 0.0702 e. The molecule has 1 aliphatic carbocycles. The average Bonchev–Trinajstić information content (AvgIpc) is 2.40. The zero-order chi connectivity index (χ0) is 13.0. The average molecular weight is 254 g/mol. The summed E-state index contributed by atoms with van der Waals surface area (Å²) < 4.78 is 5.85. The van der Waals surface area contributed by atoms with E-state index in [1.165, 1.54) is 44.9 Å². The Kier molecular flexibility index (Phi) is 5.46. The van der Waals surface area contributed by atoms with Crippen LogP contribution in [0, 0.1) is 5.92 Å². The second kappa shape index (κ2) is 6.88. The van der Waals surface area contributed by atoms with Crippen LogP contribution in [0.4, 0.5) is 0 Å². The summed E-state index contributed by atoms with van der Waals surface area (Å²) in [4.78, 5) is 2.47. The van der Waals surface area contributed by atoms with E-state index in [0.29, 0.717) is 18.2 Å². The Balaban J connectivity index is 1.83. The highest BCUT2D eigenvalue weighted by Gasteiger charge is 2.31. The number of hydrogen-bond donors (Lipinski definition) is 1. The molecular formula is C15H30N2O. The van der Waals surface area contributed by atoms with Gasteiger partial charge in [0.25, 0.3) is 0 Å². The molecule has 3 heteroatoms. The van der Waals surface area contributed by atoms with E-state index in [4.69, 9.17) is 10.5 Å². The quantitative estimate of drug-likeness (QED) is 0.837. The van der Waals surface area contributed by atoms with Crippen molar-refractivity contribution in [2.45, 2.75) is 70.1 Å². The highest BCUT2D eigenvalue weighted by Crippen LogP contribution is 2.29. The third-order valence-electron chi connectivity index (χ3n) is 4.89. The monoisotopic (exact) mass is 254 g/mol. The molecule has 1 heterocycles. The third kappa shape index (κ3) is 3.69. The van der Waals surface area contributed by atoms with Gasteiger partial charge < -0.3 is 10.5 Å². The van der Waals surface area contributed by atoms with E-state index in [0.717, 1.165) is 19.1 Å². The van der Waals surface area contributed by atoms with Crippen molar-refractivity contribution >= 4 is 0 Å². The van der Waals surface area contributed by atoms with Gasteiger partial charge in [-0.1, -0.05) is 13.3 Å². The van der Waals surface area contributed by atoms with Gasteiger partial charge in [-0.2, -0.15) is 0 Å². The van der Waals surface area contributed by atoms with E-state index >= 15 is 0 Å². The Labute approximate surface area is 112 Å². The van der Waals surface area contributed by atoms with Crippen LogP contribution in [0.3, 0.4) is 0 Å². The summed E-state index contributed by atoms with van der Waals surface area (Å²) in [5.41, 5.74) is 6.32. The molecule has 2 aliphatic rings. The molecule has 0 aromatic rings. The summed E-state index contributed by atoms with van der Waals surface area (Å²) in [6, 6.07) is 0.926. The fourth-order valence-electron chi connectivity index (χ4n) is 3.54. The van der Waals surface area contributed by atoms with E-state index in [1.54, 1.807) is 0 Å². The lowest BCUT2D eigenvalue weighted by atomic mass is 9.80. The summed E-state index contributed by atoms with van der Waals surface area (Å²) in [6.45, 7) is 4.32. The van der Waals surface area contributed by atoms with Crippen LogP contribution in [0.2, 0.25) is 0 Å². The first-order valence-corrected chi connectivity index (χ1v) is 7.78. The van der Waals surface area contributed by atoms with Gasteiger partial charge in [-0.05, 0) is 51.5 Å². The summed E-state index contributed by atoms with van der Waals surface area (Å²) in [6.07, 6.45) is 9.33. The van der Waals surface area contributed by atoms with Gasteiger partial charge in [0.2, 0.25) is 0 Å². The van der Waals surface area contributed by atoms with Gasteiger partial charge in [-0.3, -0.25) is 4.90 Å². The van der Waals surface area contributed by atoms with Crippen LogP contribution in [-0.2, 0) is 4.74 Å². The Bertz CT molecular complexity index is 241. The molecule has 4 unspecified atom stereocenters. The predicted octanol–water partition coefficient (Wildman–Crippen LogP) is 2.39. The van der Waals surface area contributed by atoms with E-state index < -0.39 is 0 Å². The highest BCUT2D eigenvalue weighted by molar-refractivity contribution is 4.88. The minimum atomic E-state index is 0.362. The second-order valence-corrected chi connectivity index (χ2v) is 6.25. The first-order chi connectivity index (χ1) is 8.70. The largest absolute Gasteiger partial charge is 0.377 e. The Morgan fingerprint density at radius 2 is 2.06 bits per heavy atom. The van der Waals surface area contributed by atoms with Crippen molar-refractivity contribution in [2.24, 2.45) is 11.7 Å². The van der Waals surface area contributed by atoms with Crippen LogP contribution in [0.1, 0.15) is 51.9 Å². The number of likely N-dealkylation sites (N-methyl/N-ethyl adjacent to an activating group) is 1. The fraction of sp³-hybridized carbons (Fsp3) is 1.00. The Morgan fingerprint density at radius 1 is 1.22 bits per heavy atom. The first-order valence-electron chi connectivity index (χ1n) is 7.78. The Hall–Kier alpha value is -0.120. The van der Waals surface area contributed by atoms with Crippen molar-refractivity contribution in [3.05, 3.63) is 0 Å². The third-order valence-corrected chi connectivity index (χ3v) is 4.89. The number of hydrogen-bond acceptors (Lipinski definition) is 3. The summed E-state index contributed by atoms with van der Waals surface area (Å²) >= 11 is 0. The zero-order valence-corrected chi connectivity index (χ0v) is 12.1. The molecule has 0 aromatic carbocycles. The summed E-state index contributed by atoms with van der Waals surface area (Å²) in [5.74, 6) is 0.879.